The van der Waals surface area contributed by atoms with Crippen LogP contribution in [-0.4, -0.2) is 74.8 Å². The van der Waals surface area contributed by atoms with E-state index < -0.39 is 60.4 Å². The van der Waals surface area contributed by atoms with E-state index in [1.807, 2.05) is 0 Å². The molecule has 13 nitrogen and oxygen atoms in total. The standard InChI is InChI=1S/C32H28O13/c1-16(33)42-31-26(15-41-27(38)11-4-17-2-7-19(34)8-3-17)45-32(30(40)29(31)39)43-21-12-22(36)28-23(37)14-24(44-25(28)13-21)18-5-9-20(35)10-6-18/h2-14,26,29-32,34-36,39-40H,15H2,1H3/t26-,29-,30-,31-,32-/m1/s1. The predicted molar refractivity (Wildman–Crippen MR) is 156 cm³/mol. The van der Waals surface area contributed by atoms with Gasteiger partial charge in [-0.1, -0.05) is 12.1 Å². The molecule has 13 heteroatoms. The molecule has 2 heterocycles. The van der Waals surface area contributed by atoms with Crippen LogP contribution in [0.3, 0.4) is 0 Å². The van der Waals surface area contributed by atoms with Gasteiger partial charge < -0.3 is 48.9 Å². The zero-order valence-corrected chi connectivity index (χ0v) is 23.6. The summed E-state index contributed by atoms with van der Waals surface area (Å²) >= 11 is 0. The van der Waals surface area contributed by atoms with Crippen LogP contribution in [0, 0.1) is 0 Å². The Morgan fingerprint density at radius 3 is 2.24 bits per heavy atom. The lowest BCUT2D eigenvalue weighted by Crippen LogP contribution is -2.61. The molecule has 0 unspecified atom stereocenters. The number of phenols is 3. The van der Waals surface area contributed by atoms with Gasteiger partial charge in [0.05, 0.1) is 0 Å². The lowest BCUT2D eigenvalue weighted by molar-refractivity contribution is -0.281. The first-order valence-corrected chi connectivity index (χ1v) is 13.6. The van der Waals surface area contributed by atoms with Crippen molar-refractivity contribution in [2.75, 3.05) is 6.61 Å². The van der Waals surface area contributed by atoms with Gasteiger partial charge in [-0.2, -0.15) is 0 Å². The normalized spacial score (nSPS) is 21.4. The zero-order chi connectivity index (χ0) is 32.2. The number of aliphatic hydroxyl groups excluding tert-OH is 2. The van der Waals surface area contributed by atoms with Gasteiger partial charge in [0.15, 0.2) is 11.5 Å². The topological polar surface area (TPSA) is 202 Å². The van der Waals surface area contributed by atoms with Crippen molar-refractivity contribution in [1.29, 1.82) is 0 Å². The highest BCUT2D eigenvalue weighted by atomic mass is 16.7. The third-order valence-electron chi connectivity index (χ3n) is 6.83. The number of aromatic hydroxyl groups is 3. The van der Waals surface area contributed by atoms with E-state index in [4.69, 9.17) is 23.4 Å². The van der Waals surface area contributed by atoms with Crippen LogP contribution in [0.1, 0.15) is 12.5 Å². The number of carbonyl (C=O) groups excluding carboxylic acids is 2. The molecule has 0 saturated carbocycles. The fourth-order valence-electron chi connectivity index (χ4n) is 4.65. The number of rotatable bonds is 8. The molecule has 4 aromatic rings. The Kier molecular flexibility index (Phi) is 9.04. The van der Waals surface area contributed by atoms with E-state index in [0.29, 0.717) is 11.1 Å². The van der Waals surface area contributed by atoms with Crippen molar-refractivity contribution in [2.45, 2.75) is 37.6 Å². The van der Waals surface area contributed by atoms with Gasteiger partial charge in [0, 0.05) is 36.8 Å². The highest BCUT2D eigenvalue weighted by molar-refractivity contribution is 5.87. The fourth-order valence-corrected chi connectivity index (χ4v) is 4.65. The fraction of sp³-hybridized carbons (Fsp3) is 0.219. The highest BCUT2D eigenvalue weighted by Crippen LogP contribution is 2.34. The largest absolute Gasteiger partial charge is 0.508 e. The average Bonchev–Trinajstić information content (AvgIpc) is 2.99. The number of aliphatic hydroxyl groups is 2. The van der Waals surface area contributed by atoms with E-state index in [0.717, 1.165) is 19.1 Å². The number of fused-ring (bicyclic) bond motifs is 1. The predicted octanol–water partition coefficient (Wildman–Crippen LogP) is 2.59. The van der Waals surface area contributed by atoms with Crippen molar-refractivity contribution in [2.24, 2.45) is 0 Å². The van der Waals surface area contributed by atoms with Crippen LogP contribution in [0.15, 0.2) is 82.0 Å². The van der Waals surface area contributed by atoms with E-state index in [2.05, 4.69) is 0 Å². The number of hydrogen-bond donors (Lipinski definition) is 5. The SMILES string of the molecule is CC(=O)O[C@H]1[C@H](O)[C@@H](O)[C@H](Oc2cc(O)c3c(=O)cc(-c4ccc(O)cc4)oc3c2)O[C@@H]1COC(=O)C=Cc1ccc(O)cc1. The van der Waals surface area contributed by atoms with Crippen LogP contribution < -0.4 is 10.2 Å². The molecule has 234 valence electrons. The van der Waals surface area contributed by atoms with Gasteiger partial charge in [0.2, 0.25) is 6.29 Å². The first kappa shape index (κ1) is 31.1. The maximum Gasteiger partial charge on any atom is 0.330 e. The number of carbonyl (C=O) groups is 2. The molecule has 1 aliphatic rings. The molecule has 1 aromatic heterocycles. The first-order chi connectivity index (χ1) is 21.5. The minimum absolute atomic E-state index is 0.0120. The third-order valence-corrected chi connectivity index (χ3v) is 6.83. The van der Waals surface area contributed by atoms with Crippen LogP contribution in [0.2, 0.25) is 0 Å². The Balaban J connectivity index is 1.36. The van der Waals surface area contributed by atoms with Gasteiger partial charge in [-0.15, -0.1) is 0 Å². The highest BCUT2D eigenvalue weighted by Gasteiger charge is 2.48. The van der Waals surface area contributed by atoms with Gasteiger partial charge in [0.1, 0.15) is 64.6 Å². The number of esters is 2. The number of phenolic OH excluding ortho intramolecular Hbond substituents is 3. The minimum atomic E-state index is -1.77. The maximum atomic E-state index is 12.8. The second-order valence-corrected chi connectivity index (χ2v) is 10.1. The van der Waals surface area contributed by atoms with Crippen LogP contribution in [0.5, 0.6) is 23.0 Å². The molecular weight excluding hydrogens is 592 g/mol. The van der Waals surface area contributed by atoms with E-state index in [1.165, 1.54) is 54.6 Å². The Bertz CT molecular complexity index is 1780. The van der Waals surface area contributed by atoms with Gasteiger partial charge in [-0.05, 0) is 48.0 Å². The molecule has 45 heavy (non-hydrogen) atoms. The summed E-state index contributed by atoms with van der Waals surface area (Å²) in [5.74, 6) is -2.01. The molecule has 0 spiro atoms. The molecule has 5 N–H and O–H groups in total. The van der Waals surface area contributed by atoms with Crippen molar-refractivity contribution in [1.82, 2.24) is 0 Å². The monoisotopic (exact) mass is 620 g/mol. The number of benzene rings is 3. The van der Waals surface area contributed by atoms with E-state index >= 15 is 0 Å². The second kappa shape index (κ2) is 13.1. The van der Waals surface area contributed by atoms with Crippen molar-refractivity contribution >= 4 is 29.0 Å². The lowest BCUT2D eigenvalue weighted by atomic mass is 9.99. The third kappa shape index (κ3) is 7.24. The summed E-state index contributed by atoms with van der Waals surface area (Å²) in [6.07, 6.45) is -5.31. The van der Waals surface area contributed by atoms with Crippen molar-refractivity contribution in [3.05, 3.63) is 88.6 Å². The molecule has 0 aliphatic carbocycles. The number of hydrogen-bond acceptors (Lipinski definition) is 13. The van der Waals surface area contributed by atoms with E-state index in [1.54, 1.807) is 12.1 Å². The van der Waals surface area contributed by atoms with Gasteiger partial charge >= 0.3 is 11.9 Å². The quantitative estimate of drug-likeness (QED) is 0.142. The van der Waals surface area contributed by atoms with Gasteiger partial charge in [-0.3, -0.25) is 9.59 Å². The Morgan fingerprint density at radius 2 is 1.58 bits per heavy atom. The Labute approximate surface area is 254 Å². The van der Waals surface area contributed by atoms with Crippen LogP contribution >= 0.6 is 0 Å². The van der Waals surface area contributed by atoms with Gasteiger partial charge in [-0.25, -0.2) is 4.79 Å². The minimum Gasteiger partial charge on any atom is -0.508 e. The summed E-state index contributed by atoms with van der Waals surface area (Å²) in [4.78, 5) is 36.9. The van der Waals surface area contributed by atoms with Crippen LogP contribution in [0.4, 0.5) is 0 Å². The summed E-state index contributed by atoms with van der Waals surface area (Å²) in [6, 6.07) is 15.4. The second-order valence-electron chi connectivity index (χ2n) is 10.1. The van der Waals surface area contributed by atoms with Crippen molar-refractivity contribution in [3.63, 3.8) is 0 Å². The lowest BCUT2D eigenvalue weighted by Gasteiger charge is -2.41. The molecule has 1 aliphatic heterocycles. The molecular formula is C32H28O13. The Morgan fingerprint density at radius 1 is 0.911 bits per heavy atom. The van der Waals surface area contributed by atoms with E-state index in [-0.39, 0.29) is 34.0 Å². The summed E-state index contributed by atoms with van der Waals surface area (Å²) in [6.45, 7) is 0.567. The molecule has 3 aromatic carbocycles. The molecule has 0 bridgehead atoms. The summed E-state index contributed by atoms with van der Waals surface area (Å²) in [5, 5.41) is 51.0. The summed E-state index contributed by atoms with van der Waals surface area (Å²) in [5.41, 5.74) is 0.445. The van der Waals surface area contributed by atoms with Crippen molar-refractivity contribution in [3.8, 4) is 34.3 Å². The zero-order valence-electron chi connectivity index (χ0n) is 23.6. The Hall–Kier alpha value is -5.37. The molecule has 5 rings (SSSR count). The first-order valence-electron chi connectivity index (χ1n) is 13.6. The molecule has 1 fully saturated rings. The molecule has 0 radical (unpaired) electrons. The average molecular weight is 621 g/mol. The van der Waals surface area contributed by atoms with Gasteiger partial charge in [0.25, 0.3) is 0 Å². The smallest absolute Gasteiger partial charge is 0.330 e. The molecule has 0 amide bonds. The molecule has 5 atom stereocenters. The van der Waals surface area contributed by atoms with E-state index in [9.17, 15) is 39.9 Å². The number of ether oxygens (including phenoxy) is 4. The van der Waals surface area contributed by atoms with Crippen LogP contribution in [-0.2, 0) is 23.8 Å². The summed E-state index contributed by atoms with van der Waals surface area (Å²) in [7, 11) is 0. The maximum absolute atomic E-state index is 12.8. The van der Waals surface area contributed by atoms with Crippen molar-refractivity contribution < 1.29 is 58.5 Å². The molecule has 1 saturated heterocycles. The van der Waals surface area contributed by atoms with Crippen LogP contribution in [0.25, 0.3) is 28.4 Å². The summed E-state index contributed by atoms with van der Waals surface area (Å²) < 4.78 is 27.7.